The molecule has 31 heavy (non-hydrogen) atoms. The minimum Gasteiger partial charge on any atom is -0.497 e. The van der Waals surface area contributed by atoms with Crippen molar-refractivity contribution >= 4 is 11.9 Å². The molecule has 0 bridgehead atoms. The van der Waals surface area contributed by atoms with Crippen LogP contribution in [-0.2, 0) is 24.9 Å². The predicted octanol–water partition coefficient (Wildman–Crippen LogP) is 1.88. The van der Waals surface area contributed by atoms with Crippen LogP contribution in [0.2, 0.25) is 0 Å². The van der Waals surface area contributed by atoms with Crippen molar-refractivity contribution in [3.8, 4) is 17.0 Å². The molecule has 160 valence electrons. The van der Waals surface area contributed by atoms with E-state index in [1.807, 2.05) is 36.5 Å². The molecular formula is C22H24N6O3. The second-order valence-electron chi connectivity index (χ2n) is 7.67. The number of carbonyl (C=O) groups is 1. The maximum Gasteiger partial charge on any atom is 0.272 e. The van der Waals surface area contributed by atoms with Crippen molar-refractivity contribution in [2.45, 2.75) is 13.1 Å². The second-order valence-corrected chi connectivity index (χ2v) is 7.67. The SMILES string of the molecule is COc1cccc(-c2cc(C(=O)N3Cc4cnc(N5CCOCC5)nc4C3)n(C)n2)c1. The smallest absolute Gasteiger partial charge is 0.272 e. The van der Waals surface area contributed by atoms with Crippen molar-refractivity contribution in [1.82, 2.24) is 24.6 Å². The zero-order valence-corrected chi connectivity index (χ0v) is 17.6. The third kappa shape index (κ3) is 3.72. The van der Waals surface area contributed by atoms with Crippen LogP contribution in [0.25, 0.3) is 11.3 Å². The molecular weight excluding hydrogens is 396 g/mol. The summed E-state index contributed by atoms with van der Waals surface area (Å²) in [4.78, 5) is 26.4. The number of aromatic nitrogens is 4. The summed E-state index contributed by atoms with van der Waals surface area (Å²) in [6.45, 7) is 3.89. The fraction of sp³-hybridized carbons (Fsp3) is 0.364. The highest BCUT2D eigenvalue weighted by molar-refractivity contribution is 5.94. The standard InChI is InChI=1S/C22H24N6O3/c1-26-20(11-18(25-26)15-4-3-5-17(10-15)30-2)21(29)28-13-16-12-23-22(24-19(16)14-28)27-6-8-31-9-7-27/h3-5,10-12H,6-9,13-14H2,1-2H3. The first-order chi connectivity index (χ1) is 15.1. The molecule has 1 aromatic carbocycles. The summed E-state index contributed by atoms with van der Waals surface area (Å²) >= 11 is 0. The number of aryl methyl sites for hydroxylation is 1. The van der Waals surface area contributed by atoms with E-state index >= 15 is 0 Å². The predicted molar refractivity (Wildman–Crippen MR) is 114 cm³/mol. The van der Waals surface area contributed by atoms with Crippen molar-refractivity contribution in [3.05, 3.63) is 53.5 Å². The molecule has 0 spiro atoms. The fourth-order valence-corrected chi connectivity index (χ4v) is 3.96. The lowest BCUT2D eigenvalue weighted by Crippen LogP contribution is -2.37. The van der Waals surface area contributed by atoms with E-state index in [0.29, 0.717) is 37.9 Å². The molecule has 5 rings (SSSR count). The molecule has 0 unspecified atom stereocenters. The van der Waals surface area contributed by atoms with Crippen molar-refractivity contribution in [2.75, 3.05) is 38.3 Å². The number of methoxy groups -OCH3 is 1. The largest absolute Gasteiger partial charge is 0.497 e. The molecule has 1 saturated heterocycles. The Balaban J connectivity index is 1.35. The van der Waals surface area contributed by atoms with Gasteiger partial charge in [0.15, 0.2) is 0 Å². The molecule has 1 amide bonds. The summed E-state index contributed by atoms with van der Waals surface area (Å²) in [5.74, 6) is 1.38. The monoisotopic (exact) mass is 420 g/mol. The lowest BCUT2D eigenvalue weighted by Gasteiger charge is -2.26. The summed E-state index contributed by atoms with van der Waals surface area (Å²) in [6, 6.07) is 9.47. The number of benzene rings is 1. The number of hydrogen-bond donors (Lipinski definition) is 0. The molecule has 2 aliphatic rings. The zero-order chi connectivity index (χ0) is 21.4. The van der Waals surface area contributed by atoms with E-state index in [1.54, 1.807) is 23.7 Å². The molecule has 0 radical (unpaired) electrons. The normalized spacial score (nSPS) is 15.8. The van der Waals surface area contributed by atoms with Gasteiger partial charge in [-0.25, -0.2) is 9.97 Å². The fourth-order valence-electron chi connectivity index (χ4n) is 3.96. The summed E-state index contributed by atoms with van der Waals surface area (Å²) in [7, 11) is 3.42. The van der Waals surface area contributed by atoms with E-state index in [0.717, 1.165) is 41.4 Å². The van der Waals surface area contributed by atoms with Crippen LogP contribution >= 0.6 is 0 Å². The molecule has 0 aliphatic carbocycles. The van der Waals surface area contributed by atoms with Gasteiger partial charge in [-0.1, -0.05) is 12.1 Å². The molecule has 0 saturated carbocycles. The Morgan fingerprint density at radius 1 is 1.16 bits per heavy atom. The zero-order valence-electron chi connectivity index (χ0n) is 17.6. The van der Waals surface area contributed by atoms with Crippen LogP contribution in [0.5, 0.6) is 5.75 Å². The summed E-state index contributed by atoms with van der Waals surface area (Å²) in [5.41, 5.74) is 4.06. The van der Waals surface area contributed by atoms with Crippen LogP contribution in [0.15, 0.2) is 36.5 Å². The van der Waals surface area contributed by atoms with Gasteiger partial charge in [0.05, 0.1) is 38.3 Å². The average Bonchev–Trinajstić information content (AvgIpc) is 3.42. The molecule has 0 N–H and O–H groups in total. The molecule has 1 fully saturated rings. The van der Waals surface area contributed by atoms with Crippen molar-refractivity contribution in [2.24, 2.45) is 7.05 Å². The van der Waals surface area contributed by atoms with E-state index in [2.05, 4.69) is 15.0 Å². The number of fused-ring (bicyclic) bond motifs is 1. The Bertz CT molecular complexity index is 1120. The lowest BCUT2D eigenvalue weighted by molar-refractivity contribution is 0.0739. The molecule has 0 atom stereocenters. The molecule has 3 aromatic rings. The topological polar surface area (TPSA) is 85.6 Å². The van der Waals surface area contributed by atoms with Gasteiger partial charge in [0.25, 0.3) is 5.91 Å². The Morgan fingerprint density at radius 3 is 2.81 bits per heavy atom. The third-order valence-electron chi connectivity index (χ3n) is 5.69. The first-order valence-corrected chi connectivity index (χ1v) is 10.3. The molecule has 4 heterocycles. The highest BCUT2D eigenvalue weighted by Gasteiger charge is 2.29. The number of rotatable bonds is 4. The summed E-state index contributed by atoms with van der Waals surface area (Å²) in [6.07, 6.45) is 1.84. The summed E-state index contributed by atoms with van der Waals surface area (Å²) < 4.78 is 12.3. The number of hydrogen-bond acceptors (Lipinski definition) is 7. The molecule has 2 aromatic heterocycles. The van der Waals surface area contributed by atoms with Crippen LogP contribution in [0.1, 0.15) is 21.7 Å². The Labute approximate surface area is 180 Å². The first kappa shape index (κ1) is 19.5. The second kappa shape index (κ2) is 7.99. The summed E-state index contributed by atoms with van der Waals surface area (Å²) in [5, 5.41) is 4.54. The van der Waals surface area contributed by atoms with Crippen LogP contribution < -0.4 is 9.64 Å². The van der Waals surface area contributed by atoms with Gasteiger partial charge >= 0.3 is 0 Å². The Hall–Kier alpha value is -3.46. The van der Waals surface area contributed by atoms with Crippen LogP contribution in [0.3, 0.4) is 0 Å². The van der Waals surface area contributed by atoms with Gasteiger partial charge in [-0.05, 0) is 18.2 Å². The van der Waals surface area contributed by atoms with Gasteiger partial charge in [-0.15, -0.1) is 0 Å². The van der Waals surface area contributed by atoms with Gasteiger partial charge in [0.1, 0.15) is 11.4 Å². The lowest BCUT2D eigenvalue weighted by atomic mass is 10.1. The highest BCUT2D eigenvalue weighted by Crippen LogP contribution is 2.27. The van der Waals surface area contributed by atoms with Crippen LogP contribution in [0, 0.1) is 0 Å². The Morgan fingerprint density at radius 2 is 2.00 bits per heavy atom. The Kier molecular flexibility index (Phi) is 5.03. The van der Waals surface area contributed by atoms with Gasteiger partial charge in [-0.3, -0.25) is 9.48 Å². The van der Waals surface area contributed by atoms with Gasteiger partial charge in [0.2, 0.25) is 5.95 Å². The van der Waals surface area contributed by atoms with E-state index in [1.165, 1.54) is 0 Å². The van der Waals surface area contributed by atoms with Gasteiger partial charge < -0.3 is 19.3 Å². The van der Waals surface area contributed by atoms with E-state index in [4.69, 9.17) is 14.5 Å². The third-order valence-corrected chi connectivity index (χ3v) is 5.69. The van der Waals surface area contributed by atoms with Gasteiger partial charge in [0, 0.05) is 44.0 Å². The maximum atomic E-state index is 13.3. The quantitative estimate of drug-likeness (QED) is 0.637. The van der Waals surface area contributed by atoms with Crippen LogP contribution in [-0.4, -0.2) is 64.0 Å². The van der Waals surface area contributed by atoms with E-state index in [9.17, 15) is 4.79 Å². The number of ether oxygens (including phenoxy) is 2. The van der Waals surface area contributed by atoms with Crippen molar-refractivity contribution < 1.29 is 14.3 Å². The van der Waals surface area contributed by atoms with Crippen LogP contribution in [0.4, 0.5) is 5.95 Å². The number of carbonyl (C=O) groups excluding carboxylic acids is 1. The minimum atomic E-state index is -0.0740. The molecule has 9 nitrogen and oxygen atoms in total. The van der Waals surface area contributed by atoms with E-state index < -0.39 is 0 Å². The van der Waals surface area contributed by atoms with Crippen molar-refractivity contribution in [3.63, 3.8) is 0 Å². The number of anilines is 1. The number of nitrogens with zero attached hydrogens (tertiary/aromatic N) is 6. The highest BCUT2D eigenvalue weighted by atomic mass is 16.5. The average molecular weight is 420 g/mol. The number of amides is 1. The maximum absolute atomic E-state index is 13.3. The molecule has 2 aliphatic heterocycles. The minimum absolute atomic E-state index is 0.0740. The van der Waals surface area contributed by atoms with E-state index in [-0.39, 0.29) is 5.91 Å². The van der Waals surface area contributed by atoms with Gasteiger partial charge in [-0.2, -0.15) is 5.10 Å². The van der Waals surface area contributed by atoms with Crippen molar-refractivity contribution in [1.29, 1.82) is 0 Å². The number of morpholine rings is 1. The molecule has 9 heteroatoms. The first-order valence-electron chi connectivity index (χ1n) is 10.3.